The lowest BCUT2D eigenvalue weighted by molar-refractivity contribution is 0.0599. The lowest BCUT2D eigenvalue weighted by atomic mass is 10.1. The molecule has 1 aromatic heterocycles. The van der Waals surface area contributed by atoms with Gasteiger partial charge in [0.15, 0.2) is 6.10 Å². The lowest BCUT2D eigenvalue weighted by Gasteiger charge is -2.14. The fourth-order valence-corrected chi connectivity index (χ4v) is 2.57. The molecule has 0 saturated carbocycles. The predicted molar refractivity (Wildman–Crippen MR) is 87.5 cm³/mol. The molecule has 122 valence electrons. The number of rotatable bonds is 5. The monoisotopic (exact) mass is 335 g/mol. The van der Waals surface area contributed by atoms with Crippen molar-refractivity contribution in [1.82, 2.24) is 4.98 Å². The van der Waals surface area contributed by atoms with Gasteiger partial charge in [0, 0.05) is 5.69 Å². The number of carbonyl (C=O) groups excluding carboxylic acids is 2. The zero-order valence-electron chi connectivity index (χ0n) is 13.4. The number of halogens is 1. The summed E-state index contributed by atoms with van der Waals surface area (Å²) in [6, 6.07) is 6.94. The zero-order valence-corrected chi connectivity index (χ0v) is 14.2. The average Bonchev–Trinajstić information content (AvgIpc) is 2.82. The largest absolute Gasteiger partial charge is 0.481 e. The van der Waals surface area contributed by atoms with Gasteiger partial charge in [0.2, 0.25) is 5.78 Å². The van der Waals surface area contributed by atoms with Crippen molar-refractivity contribution in [3.63, 3.8) is 0 Å². The smallest absolute Gasteiger partial charge is 0.339 e. The molecule has 1 atom stereocenters. The second kappa shape index (κ2) is 6.87. The van der Waals surface area contributed by atoms with Gasteiger partial charge in [-0.25, -0.2) is 4.79 Å². The van der Waals surface area contributed by atoms with Crippen LogP contribution in [0.3, 0.4) is 0 Å². The van der Waals surface area contributed by atoms with E-state index in [9.17, 15) is 9.59 Å². The van der Waals surface area contributed by atoms with E-state index in [1.165, 1.54) is 7.11 Å². The molecule has 0 aliphatic carbocycles. The van der Waals surface area contributed by atoms with Gasteiger partial charge in [0.05, 0.1) is 23.4 Å². The van der Waals surface area contributed by atoms with Crippen molar-refractivity contribution in [2.24, 2.45) is 0 Å². The quantitative estimate of drug-likeness (QED) is 0.668. The highest BCUT2D eigenvalue weighted by atomic mass is 35.5. The molecule has 5 nitrogen and oxygen atoms in total. The maximum atomic E-state index is 12.6. The van der Waals surface area contributed by atoms with Crippen molar-refractivity contribution in [2.45, 2.75) is 26.9 Å². The Kier molecular flexibility index (Phi) is 5.11. The van der Waals surface area contributed by atoms with E-state index in [-0.39, 0.29) is 5.78 Å². The van der Waals surface area contributed by atoms with Crippen LogP contribution in [0.15, 0.2) is 24.3 Å². The Morgan fingerprint density at radius 2 is 1.87 bits per heavy atom. The molecule has 2 rings (SSSR count). The molecule has 0 aliphatic heterocycles. The molecule has 1 aromatic carbocycles. The van der Waals surface area contributed by atoms with E-state index in [4.69, 9.17) is 21.1 Å². The van der Waals surface area contributed by atoms with Crippen LogP contribution in [0.4, 0.5) is 0 Å². The van der Waals surface area contributed by atoms with Gasteiger partial charge < -0.3 is 14.5 Å². The van der Waals surface area contributed by atoms with Crippen LogP contribution in [0.2, 0.25) is 5.02 Å². The van der Waals surface area contributed by atoms with Crippen molar-refractivity contribution < 1.29 is 19.1 Å². The van der Waals surface area contributed by atoms with E-state index in [0.29, 0.717) is 33.3 Å². The summed E-state index contributed by atoms with van der Waals surface area (Å²) in [6.07, 6.45) is -0.753. The number of ether oxygens (including phenoxy) is 2. The van der Waals surface area contributed by atoms with Gasteiger partial charge in [-0.1, -0.05) is 23.7 Å². The molecule has 1 N–H and O–H groups in total. The van der Waals surface area contributed by atoms with E-state index >= 15 is 0 Å². The van der Waals surface area contributed by atoms with E-state index in [2.05, 4.69) is 4.98 Å². The summed E-state index contributed by atoms with van der Waals surface area (Å²) in [4.78, 5) is 27.3. The number of aromatic amines is 1. The van der Waals surface area contributed by atoms with Crippen molar-refractivity contribution >= 4 is 23.4 Å². The number of hydrogen-bond acceptors (Lipinski definition) is 4. The number of aromatic nitrogens is 1. The minimum atomic E-state index is -0.753. The van der Waals surface area contributed by atoms with Gasteiger partial charge in [0.1, 0.15) is 5.75 Å². The maximum absolute atomic E-state index is 12.6. The normalized spacial score (nSPS) is 11.9. The van der Waals surface area contributed by atoms with Crippen LogP contribution in [0.25, 0.3) is 0 Å². The fraction of sp³-hybridized carbons (Fsp3) is 0.294. The number of hydrogen-bond donors (Lipinski definition) is 1. The first-order valence-electron chi connectivity index (χ1n) is 7.09. The topological polar surface area (TPSA) is 68.4 Å². The molecule has 0 unspecified atom stereocenters. The number of para-hydroxylation sites is 1. The minimum Gasteiger partial charge on any atom is -0.481 e. The summed E-state index contributed by atoms with van der Waals surface area (Å²) >= 11 is 6.03. The number of carbonyl (C=O) groups is 2. The summed E-state index contributed by atoms with van der Waals surface area (Å²) in [6.45, 7) is 5.06. The van der Waals surface area contributed by atoms with Crippen LogP contribution in [-0.2, 0) is 4.74 Å². The zero-order chi connectivity index (χ0) is 17.1. The minimum absolute atomic E-state index is 0.263. The van der Waals surface area contributed by atoms with Crippen LogP contribution < -0.4 is 4.74 Å². The third kappa shape index (κ3) is 3.40. The summed E-state index contributed by atoms with van der Waals surface area (Å²) in [5.41, 5.74) is 1.85. The molecule has 0 aliphatic rings. The van der Waals surface area contributed by atoms with E-state index in [1.54, 1.807) is 45.0 Å². The maximum Gasteiger partial charge on any atom is 0.339 e. The molecule has 2 aromatic rings. The summed E-state index contributed by atoms with van der Waals surface area (Å²) < 4.78 is 10.4. The third-order valence-electron chi connectivity index (χ3n) is 3.58. The second-order valence-electron chi connectivity index (χ2n) is 5.17. The van der Waals surface area contributed by atoms with Gasteiger partial charge in [-0.15, -0.1) is 0 Å². The Morgan fingerprint density at radius 1 is 1.22 bits per heavy atom. The summed E-state index contributed by atoms with van der Waals surface area (Å²) in [5, 5.41) is 0.432. The first-order valence-corrected chi connectivity index (χ1v) is 7.47. The van der Waals surface area contributed by atoms with E-state index in [0.717, 1.165) is 0 Å². The van der Waals surface area contributed by atoms with Crippen LogP contribution >= 0.6 is 11.6 Å². The molecule has 0 saturated heterocycles. The van der Waals surface area contributed by atoms with E-state index < -0.39 is 12.1 Å². The highest BCUT2D eigenvalue weighted by Crippen LogP contribution is 2.26. The Bertz CT molecular complexity index is 751. The van der Waals surface area contributed by atoms with Crippen LogP contribution in [0.1, 0.15) is 39.0 Å². The molecule has 0 spiro atoms. The molecule has 0 amide bonds. The number of methoxy groups -OCH3 is 1. The van der Waals surface area contributed by atoms with Crippen LogP contribution in [0.5, 0.6) is 5.75 Å². The molecule has 0 radical (unpaired) electrons. The molecule has 23 heavy (non-hydrogen) atoms. The fourth-order valence-electron chi connectivity index (χ4n) is 2.39. The molecule has 1 heterocycles. The molecule has 0 bridgehead atoms. The lowest BCUT2D eigenvalue weighted by Crippen LogP contribution is -2.25. The molecule has 6 heteroatoms. The van der Waals surface area contributed by atoms with Gasteiger partial charge in [-0.3, -0.25) is 4.79 Å². The first kappa shape index (κ1) is 17.1. The standard InChI is InChI=1S/C17H18ClNO4/c1-9-14(17(21)22-4)10(2)19-15(9)16(20)11(3)23-13-8-6-5-7-12(13)18/h5-8,11,19H,1-4H3/t11-/m0/s1. The number of nitrogens with one attached hydrogen (secondary N) is 1. The Labute approximate surface area is 139 Å². The first-order chi connectivity index (χ1) is 10.9. The van der Waals surface area contributed by atoms with Crippen LogP contribution in [-0.4, -0.2) is 30.0 Å². The van der Waals surface area contributed by atoms with Gasteiger partial charge in [-0.05, 0) is 38.5 Å². The van der Waals surface area contributed by atoms with E-state index in [1.807, 2.05) is 0 Å². The number of aryl methyl sites for hydroxylation is 1. The van der Waals surface area contributed by atoms with Gasteiger partial charge in [-0.2, -0.15) is 0 Å². The number of H-pyrrole nitrogens is 1. The molecular formula is C17H18ClNO4. The predicted octanol–water partition coefficient (Wildman–Crippen LogP) is 3.72. The molecular weight excluding hydrogens is 318 g/mol. The second-order valence-corrected chi connectivity index (χ2v) is 5.58. The number of benzene rings is 1. The van der Waals surface area contributed by atoms with Crippen molar-refractivity contribution in [1.29, 1.82) is 0 Å². The highest BCUT2D eigenvalue weighted by molar-refractivity contribution is 6.32. The number of esters is 1. The summed E-state index contributed by atoms with van der Waals surface area (Å²) in [7, 11) is 1.30. The SMILES string of the molecule is COC(=O)c1c(C)[nH]c(C(=O)[C@H](C)Oc2ccccc2Cl)c1C. The Morgan fingerprint density at radius 3 is 2.48 bits per heavy atom. The molecule has 0 fully saturated rings. The Balaban J connectivity index is 2.27. The van der Waals surface area contributed by atoms with Crippen LogP contribution in [0, 0.1) is 13.8 Å². The van der Waals surface area contributed by atoms with Gasteiger partial charge >= 0.3 is 5.97 Å². The third-order valence-corrected chi connectivity index (χ3v) is 3.90. The van der Waals surface area contributed by atoms with Crippen molar-refractivity contribution in [3.8, 4) is 5.75 Å². The number of Topliss-reactive ketones (excluding diaryl/α,β-unsaturated/α-hetero) is 1. The van der Waals surface area contributed by atoms with Gasteiger partial charge in [0.25, 0.3) is 0 Å². The number of ketones is 1. The summed E-state index contributed by atoms with van der Waals surface area (Å²) in [5.74, 6) is -0.306. The Hall–Kier alpha value is -2.27. The van der Waals surface area contributed by atoms with Crippen molar-refractivity contribution in [2.75, 3.05) is 7.11 Å². The highest BCUT2D eigenvalue weighted by Gasteiger charge is 2.26. The van der Waals surface area contributed by atoms with Crippen molar-refractivity contribution in [3.05, 3.63) is 51.8 Å². The average molecular weight is 336 g/mol.